The first-order valence-corrected chi connectivity index (χ1v) is 13.2. The molecule has 184 valence electrons. The van der Waals surface area contributed by atoms with Gasteiger partial charge in [0, 0.05) is 47.6 Å². The number of nitrogen functional groups attached to an aromatic ring is 2. The summed E-state index contributed by atoms with van der Waals surface area (Å²) < 4.78 is 5.21. The Hall–Kier alpha value is -3.74. The highest BCUT2D eigenvalue weighted by atomic mass is 32.2. The predicted molar refractivity (Wildman–Crippen MR) is 142 cm³/mol. The summed E-state index contributed by atoms with van der Waals surface area (Å²) in [4.78, 5) is 18.6. The van der Waals surface area contributed by atoms with Crippen molar-refractivity contribution >= 4 is 45.6 Å². The fourth-order valence-electron chi connectivity index (χ4n) is 5.04. The molecule has 2 aliphatic rings. The second-order valence-corrected chi connectivity index (χ2v) is 11.2. The lowest BCUT2D eigenvalue weighted by Crippen LogP contribution is -2.57. The van der Waals surface area contributed by atoms with Crippen LogP contribution >= 0.6 is 23.1 Å². The smallest absolute Gasteiger partial charge is 0.320 e. The second-order valence-electron chi connectivity index (χ2n) is 8.67. The molecule has 0 aliphatic carbocycles. The van der Waals surface area contributed by atoms with Crippen LogP contribution in [0.4, 0.5) is 22.5 Å². The van der Waals surface area contributed by atoms with Crippen LogP contribution in [-0.2, 0) is 10.5 Å². The summed E-state index contributed by atoms with van der Waals surface area (Å²) in [5.74, 6) is 2.27. The number of rotatable bonds is 6. The highest BCUT2D eigenvalue weighted by Gasteiger charge is 2.53. The molecule has 3 aromatic rings. The Morgan fingerprint density at radius 1 is 1.25 bits per heavy atom. The van der Waals surface area contributed by atoms with E-state index in [-0.39, 0.29) is 16.8 Å². The third kappa shape index (κ3) is 3.56. The fourth-order valence-corrected chi connectivity index (χ4v) is 7.85. The number of hydrogen-bond donors (Lipinski definition) is 2. The molecule has 0 bridgehead atoms. The number of pyridine rings is 1. The van der Waals surface area contributed by atoms with Crippen molar-refractivity contribution < 1.29 is 4.74 Å². The Kier molecular flexibility index (Phi) is 6.02. The number of nitrogens with zero attached hydrogens (tertiary/aromatic N) is 7. The number of fused-ring (bicyclic) bond motifs is 2. The van der Waals surface area contributed by atoms with Gasteiger partial charge in [0.2, 0.25) is 0 Å². The van der Waals surface area contributed by atoms with Gasteiger partial charge in [-0.1, -0.05) is 6.07 Å². The van der Waals surface area contributed by atoms with Gasteiger partial charge < -0.3 is 26.0 Å². The first-order chi connectivity index (χ1) is 17.4. The minimum Gasteiger partial charge on any atom is -0.467 e. The van der Waals surface area contributed by atoms with Crippen LogP contribution in [0.15, 0.2) is 18.3 Å². The van der Waals surface area contributed by atoms with Gasteiger partial charge in [-0.15, -0.1) is 23.1 Å². The van der Waals surface area contributed by atoms with E-state index in [9.17, 15) is 10.5 Å². The molecule has 2 aliphatic heterocycles. The maximum atomic E-state index is 10.3. The van der Waals surface area contributed by atoms with Gasteiger partial charge in [-0.3, -0.25) is 0 Å². The Morgan fingerprint density at radius 3 is 2.64 bits per heavy atom. The number of methoxy groups -OCH3 is 1. The summed E-state index contributed by atoms with van der Waals surface area (Å²) in [5, 5.41) is 20.5. The van der Waals surface area contributed by atoms with Crippen molar-refractivity contribution in [3.8, 4) is 18.1 Å². The number of nitrogens with two attached hydrogens (primary N) is 2. The zero-order chi connectivity index (χ0) is 25.6. The van der Waals surface area contributed by atoms with Gasteiger partial charge in [-0.25, -0.2) is 4.98 Å². The molecule has 10 nitrogen and oxygen atoms in total. The molecule has 0 saturated carbocycles. The van der Waals surface area contributed by atoms with E-state index in [0.29, 0.717) is 53.2 Å². The molecule has 0 aromatic carbocycles. The maximum absolute atomic E-state index is 10.3. The number of ether oxygens (including phenoxy) is 1. The zero-order valence-electron chi connectivity index (χ0n) is 20.1. The molecule has 12 heteroatoms. The Morgan fingerprint density at radius 2 is 2.00 bits per heavy atom. The van der Waals surface area contributed by atoms with E-state index in [1.165, 1.54) is 18.4 Å². The second kappa shape index (κ2) is 9.04. The molecule has 5 rings (SSSR count). The average Bonchev–Trinajstić information content (AvgIpc) is 3.38. The standard InChI is InChI=1S/C24H25N9OS2/c1-4-33(13(2)14-6-5-7-29-19(14)27)22-16(9-26)21(30-23(31-22)34-3)32-11-24(12-32)18-15(8-25)20(28)36-17(18)10-35-24/h5-7,13H,4,10-12,28H2,1-3H3,(H2,27,29). The van der Waals surface area contributed by atoms with E-state index in [2.05, 4.69) is 32.0 Å². The van der Waals surface area contributed by atoms with Crippen LogP contribution in [0.5, 0.6) is 6.01 Å². The van der Waals surface area contributed by atoms with Crippen LogP contribution in [0.25, 0.3) is 0 Å². The average molecular weight is 520 g/mol. The summed E-state index contributed by atoms with van der Waals surface area (Å²) in [6, 6.07) is 8.39. The molecule has 0 radical (unpaired) electrons. The minimum absolute atomic E-state index is 0.182. The van der Waals surface area contributed by atoms with Crippen LogP contribution < -0.4 is 26.0 Å². The van der Waals surface area contributed by atoms with Crippen LogP contribution in [0.2, 0.25) is 0 Å². The molecule has 1 unspecified atom stereocenters. The Bertz CT molecular complexity index is 1420. The molecule has 1 fully saturated rings. The topological polar surface area (TPSA) is 154 Å². The van der Waals surface area contributed by atoms with Crippen molar-refractivity contribution in [2.45, 2.75) is 30.4 Å². The van der Waals surface area contributed by atoms with Gasteiger partial charge in [0.15, 0.2) is 11.6 Å². The zero-order valence-corrected chi connectivity index (χ0v) is 21.8. The van der Waals surface area contributed by atoms with E-state index >= 15 is 0 Å². The first-order valence-electron chi connectivity index (χ1n) is 11.4. The lowest BCUT2D eigenvalue weighted by Gasteiger charge is -2.48. The lowest BCUT2D eigenvalue weighted by atomic mass is 9.88. The SMILES string of the molecule is CCN(c1nc(OC)nc(N2CC3(C2)SCc2sc(N)c(C#N)c23)c1C#N)C(C)c1cccnc1N. The molecule has 1 saturated heterocycles. The molecular formula is C24H25N9OS2. The van der Waals surface area contributed by atoms with Crippen molar-refractivity contribution in [3.05, 3.63) is 45.5 Å². The summed E-state index contributed by atoms with van der Waals surface area (Å²) in [7, 11) is 1.51. The Balaban J connectivity index is 1.53. The number of anilines is 4. The third-order valence-corrected chi connectivity index (χ3v) is 9.44. The van der Waals surface area contributed by atoms with Crippen molar-refractivity contribution in [2.24, 2.45) is 0 Å². The Labute approximate surface area is 217 Å². The van der Waals surface area contributed by atoms with Gasteiger partial charge in [0.1, 0.15) is 28.5 Å². The van der Waals surface area contributed by atoms with Gasteiger partial charge >= 0.3 is 6.01 Å². The number of aromatic nitrogens is 3. The molecule has 0 amide bonds. The minimum atomic E-state index is -0.235. The van der Waals surface area contributed by atoms with Crippen LogP contribution in [0, 0.1) is 22.7 Å². The number of hydrogen-bond acceptors (Lipinski definition) is 12. The molecule has 5 heterocycles. The molecule has 1 spiro atoms. The number of nitriles is 2. The van der Waals surface area contributed by atoms with E-state index in [0.717, 1.165) is 21.8 Å². The van der Waals surface area contributed by atoms with Crippen LogP contribution in [0.1, 0.15) is 47.0 Å². The van der Waals surface area contributed by atoms with Crippen molar-refractivity contribution in [1.82, 2.24) is 15.0 Å². The summed E-state index contributed by atoms with van der Waals surface area (Å²) in [5.41, 5.74) is 15.1. The summed E-state index contributed by atoms with van der Waals surface area (Å²) in [6.07, 6.45) is 1.65. The van der Waals surface area contributed by atoms with Crippen molar-refractivity contribution in [1.29, 1.82) is 10.5 Å². The van der Waals surface area contributed by atoms with Gasteiger partial charge in [0.25, 0.3) is 0 Å². The van der Waals surface area contributed by atoms with Gasteiger partial charge in [-0.05, 0) is 19.9 Å². The van der Waals surface area contributed by atoms with Crippen LogP contribution in [-0.4, -0.2) is 41.7 Å². The maximum Gasteiger partial charge on any atom is 0.320 e. The largest absolute Gasteiger partial charge is 0.467 e. The number of thioether (sulfide) groups is 1. The van der Waals surface area contributed by atoms with E-state index < -0.39 is 0 Å². The molecular weight excluding hydrogens is 494 g/mol. The molecule has 3 aromatic heterocycles. The molecule has 36 heavy (non-hydrogen) atoms. The van der Waals surface area contributed by atoms with Crippen LogP contribution in [0.3, 0.4) is 0 Å². The summed E-state index contributed by atoms with van der Waals surface area (Å²) >= 11 is 3.32. The van der Waals surface area contributed by atoms with Crippen molar-refractivity contribution in [2.75, 3.05) is 48.0 Å². The third-order valence-electron chi connectivity index (χ3n) is 6.79. The summed E-state index contributed by atoms with van der Waals surface area (Å²) in [6.45, 7) is 5.80. The predicted octanol–water partition coefficient (Wildman–Crippen LogP) is 3.40. The van der Waals surface area contributed by atoms with E-state index in [4.69, 9.17) is 16.2 Å². The molecule has 4 N–H and O–H groups in total. The fraction of sp³-hybridized carbons (Fsp3) is 0.375. The van der Waals surface area contributed by atoms with E-state index in [1.807, 2.05) is 42.6 Å². The van der Waals surface area contributed by atoms with Crippen molar-refractivity contribution in [3.63, 3.8) is 0 Å². The monoisotopic (exact) mass is 519 g/mol. The normalized spacial score (nSPS) is 16.1. The van der Waals surface area contributed by atoms with Gasteiger partial charge in [-0.2, -0.15) is 20.5 Å². The first kappa shape index (κ1) is 24.0. The van der Waals surface area contributed by atoms with E-state index in [1.54, 1.807) is 6.20 Å². The highest BCUT2D eigenvalue weighted by molar-refractivity contribution is 8.00. The quantitative estimate of drug-likeness (QED) is 0.492. The highest BCUT2D eigenvalue weighted by Crippen LogP contribution is 2.58. The number of thiophene rings is 1. The lowest BCUT2D eigenvalue weighted by molar-refractivity contribution is 0.377. The van der Waals surface area contributed by atoms with Gasteiger partial charge in [0.05, 0.1) is 23.5 Å². The molecule has 1 atom stereocenters.